The maximum absolute atomic E-state index is 13.3. The third kappa shape index (κ3) is 5.59. The van der Waals surface area contributed by atoms with Gasteiger partial charge in [0.2, 0.25) is 15.9 Å². The molecule has 2 N–H and O–H groups in total. The molecule has 1 aliphatic rings. The second-order valence-electron chi connectivity index (χ2n) is 6.54. The van der Waals surface area contributed by atoms with E-state index in [1.165, 1.54) is 18.2 Å². The molecular formula is C19H22FN3O3S. The lowest BCUT2D eigenvalue weighted by atomic mass is 10.1. The van der Waals surface area contributed by atoms with Crippen molar-refractivity contribution in [2.75, 3.05) is 25.0 Å². The van der Waals surface area contributed by atoms with Crippen molar-refractivity contribution in [3.8, 4) is 0 Å². The summed E-state index contributed by atoms with van der Waals surface area (Å²) < 4.78 is 40.6. The highest BCUT2D eigenvalue weighted by atomic mass is 32.2. The number of carbonyl (C=O) groups excluding carboxylic acids is 1. The van der Waals surface area contributed by atoms with E-state index in [1.807, 2.05) is 35.2 Å². The van der Waals surface area contributed by atoms with Crippen molar-refractivity contribution in [2.24, 2.45) is 0 Å². The van der Waals surface area contributed by atoms with Crippen LogP contribution in [0.5, 0.6) is 0 Å². The number of likely N-dealkylation sites (tertiary alicyclic amines) is 1. The highest BCUT2D eigenvalue weighted by Gasteiger charge is 2.25. The van der Waals surface area contributed by atoms with E-state index in [9.17, 15) is 17.6 Å². The molecule has 6 nitrogen and oxygen atoms in total. The van der Waals surface area contributed by atoms with Gasteiger partial charge in [-0.05, 0) is 43.2 Å². The smallest absolute Gasteiger partial charge is 0.240 e. The van der Waals surface area contributed by atoms with E-state index >= 15 is 0 Å². The zero-order chi connectivity index (χ0) is 19.3. The second kappa shape index (κ2) is 8.60. The molecule has 0 unspecified atom stereocenters. The molecule has 2 aromatic rings. The number of rotatable bonds is 6. The van der Waals surface area contributed by atoms with Gasteiger partial charge in [0, 0.05) is 24.8 Å². The number of para-hydroxylation sites is 1. The lowest BCUT2D eigenvalue weighted by molar-refractivity contribution is -0.117. The van der Waals surface area contributed by atoms with Crippen LogP contribution in [-0.4, -0.2) is 44.9 Å². The summed E-state index contributed by atoms with van der Waals surface area (Å²) in [5, 5.41) is 2.84. The van der Waals surface area contributed by atoms with Crippen molar-refractivity contribution >= 4 is 21.6 Å². The first-order chi connectivity index (χ1) is 12.9. The number of nitrogens with zero attached hydrogens (tertiary/aromatic N) is 1. The summed E-state index contributed by atoms with van der Waals surface area (Å²) in [6.07, 6.45) is 1.18. The molecule has 27 heavy (non-hydrogen) atoms. The van der Waals surface area contributed by atoms with Gasteiger partial charge < -0.3 is 5.32 Å². The fourth-order valence-electron chi connectivity index (χ4n) is 3.06. The van der Waals surface area contributed by atoms with Crippen molar-refractivity contribution in [1.82, 2.24) is 9.62 Å². The average molecular weight is 391 g/mol. The van der Waals surface area contributed by atoms with Crippen molar-refractivity contribution < 1.29 is 17.6 Å². The minimum absolute atomic E-state index is 0.0767. The largest absolute Gasteiger partial charge is 0.325 e. The molecule has 1 heterocycles. The summed E-state index contributed by atoms with van der Waals surface area (Å²) in [5.41, 5.74) is 0.750. The molecular weight excluding hydrogens is 369 g/mol. The molecule has 1 fully saturated rings. The number of halogens is 1. The molecule has 0 aliphatic carbocycles. The summed E-state index contributed by atoms with van der Waals surface area (Å²) in [7, 11) is -3.75. The fraction of sp³-hybridized carbons (Fsp3) is 0.316. The number of hydrogen-bond acceptors (Lipinski definition) is 4. The predicted molar refractivity (Wildman–Crippen MR) is 101 cm³/mol. The first-order valence-corrected chi connectivity index (χ1v) is 10.3. The summed E-state index contributed by atoms with van der Waals surface area (Å²) in [6.45, 7) is 1.48. The summed E-state index contributed by atoms with van der Waals surface area (Å²) >= 11 is 0. The topological polar surface area (TPSA) is 78.5 Å². The summed E-state index contributed by atoms with van der Waals surface area (Å²) in [5.74, 6) is -0.683. The Morgan fingerprint density at radius 1 is 1.07 bits per heavy atom. The van der Waals surface area contributed by atoms with Crippen LogP contribution in [0.25, 0.3) is 0 Å². The van der Waals surface area contributed by atoms with Gasteiger partial charge in [0.1, 0.15) is 5.82 Å². The number of anilines is 1. The van der Waals surface area contributed by atoms with Crippen LogP contribution in [0, 0.1) is 5.82 Å². The molecule has 0 spiro atoms. The maximum atomic E-state index is 13.3. The Hall–Kier alpha value is -2.29. The molecule has 1 saturated heterocycles. The molecule has 144 valence electrons. The van der Waals surface area contributed by atoms with Crippen molar-refractivity contribution in [3.63, 3.8) is 0 Å². The molecule has 0 saturated carbocycles. The number of hydrogen-bond donors (Lipinski definition) is 2. The van der Waals surface area contributed by atoms with Gasteiger partial charge in [-0.1, -0.05) is 24.3 Å². The monoisotopic (exact) mass is 391 g/mol. The summed E-state index contributed by atoms with van der Waals surface area (Å²) in [6, 6.07) is 14.0. The Labute approximate surface area is 158 Å². The number of amides is 1. The van der Waals surface area contributed by atoms with E-state index in [0.717, 1.165) is 11.8 Å². The molecule has 0 aromatic heterocycles. The van der Waals surface area contributed by atoms with Gasteiger partial charge in [-0.3, -0.25) is 9.69 Å². The van der Waals surface area contributed by atoms with Crippen LogP contribution in [-0.2, 0) is 14.8 Å². The molecule has 0 atom stereocenters. The number of nitrogens with one attached hydrogen (secondary N) is 2. The van der Waals surface area contributed by atoms with E-state index in [4.69, 9.17) is 0 Å². The van der Waals surface area contributed by atoms with Gasteiger partial charge in [0.25, 0.3) is 0 Å². The highest BCUT2D eigenvalue weighted by Crippen LogP contribution is 2.16. The molecule has 1 aliphatic heterocycles. The van der Waals surface area contributed by atoms with Gasteiger partial charge in [-0.2, -0.15) is 0 Å². The molecule has 0 radical (unpaired) electrons. The fourth-order valence-corrected chi connectivity index (χ4v) is 4.39. The van der Waals surface area contributed by atoms with Gasteiger partial charge >= 0.3 is 0 Å². The van der Waals surface area contributed by atoms with Crippen LogP contribution < -0.4 is 10.0 Å². The molecule has 3 rings (SSSR count). The Kier molecular flexibility index (Phi) is 6.20. The number of benzene rings is 2. The average Bonchev–Trinajstić information content (AvgIpc) is 2.64. The van der Waals surface area contributed by atoms with E-state index < -0.39 is 15.8 Å². The van der Waals surface area contributed by atoms with E-state index in [2.05, 4.69) is 10.0 Å². The van der Waals surface area contributed by atoms with E-state index in [0.29, 0.717) is 25.9 Å². The van der Waals surface area contributed by atoms with E-state index in [1.54, 1.807) is 0 Å². The number of carbonyl (C=O) groups is 1. The van der Waals surface area contributed by atoms with Crippen LogP contribution >= 0.6 is 0 Å². The number of piperidine rings is 1. The normalized spacial score (nSPS) is 16.2. The van der Waals surface area contributed by atoms with Crippen molar-refractivity contribution in [1.29, 1.82) is 0 Å². The quantitative estimate of drug-likeness (QED) is 0.791. The Balaban J connectivity index is 1.48. The summed E-state index contributed by atoms with van der Waals surface area (Å²) in [4.78, 5) is 14.0. The first-order valence-electron chi connectivity index (χ1n) is 8.77. The predicted octanol–water partition coefficient (Wildman–Crippen LogP) is 2.21. The van der Waals surface area contributed by atoms with Crippen LogP contribution in [0.15, 0.2) is 59.5 Å². The SMILES string of the molecule is O=C(CN1CCC(NS(=O)(=O)c2cccc(F)c2)CC1)Nc1ccccc1. The van der Waals surface area contributed by atoms with Crippen LogP contribution in [0.3, 0.4) is 0 Å². The second-order valence-corrected chi connectivity index (χ2v) is 8.26. The van der Waals surface area contributed by atoms with Gasteiger partial charge in [-0.15, -0.1) is 0 Å². The zero-order valence-corrected chi connectivity index (χ0v) is 15.6. The lowest BCUT2D eigenvalue weighted by Crippen LogP contribution is -2.46. The first kappa shape index (κ1) is 19.5. The maximum Gasteiger partial charge on any atom is 0.240 e. The molecule has 8 heteroatoms. The van der Waals surface area contributed by atoms with Crippen LogP contribution in [0.1, 0.15) is 12.8 Å². The van der Waals surface area contributed by atoms with Gasteiger partial charge in [-0.25, -0.2) is 17.5 Å². The Morgan fingerprint density at radius 3 is 2.44 bits per heavy atom. The molecule has 1 amide bonds. The van der Waals surface area contributed by atoms with Gasteiger partial charge in [0.05, 0.1) is 11.4 Å². The Morgan fingerprint density at radius 2 is 1.78 bits per heavy atom. The van der Waals surface area contributed by atoms with E-state index in [-0.39, 0.29) is 23.4 Å². The van der Waals surface area contributed by atoms with Crippen LogP contribution in [0.4, 0.5) is 10.1 Å². The minimum atomic E-state index is -3.75. The minimum Gasteiger partial charge on any atom is -0.325 e. The zero-order valence-electron chi connectivity index (χ0n) is 14.8. The standard InChI is InChI=1S/C19H22FN3O3S/c20-15-5-4-8-18(13-15)27(25,26)22-17-9-11-23(12-10-17)14-19(24)21-16-6-2-1-3-7-16/h1-8,13,17,22H,9-12,14H2,(H,21,24). The molecule has 2 aromatic carbocycles. The lowest BCUT2D eigenvalue weighted by Gasteiger charge is -2.31. The highest BCUT2D eigenvalue weighted by molar-refractivity contribution is 7.89. The third-order valence-corrected chi connectivity index (χ3v) is 5.96. The third-order valence-electron chi connectivity index (χ3n) is 4.44. The number of sulfonamides is 1. The van der Waals surface area contributed by atoms with Crippen LogP contribution in [0.2, 0.25) is 0 Å². The van der Waals surface area contributed by atoms with Crippen molar-refractivity contribution in [2.45, 2.75) is 23.8 Å². The van der Waals surface area contributed by atoms with Crippen molar-refractivity contribution in [3.05, 3.63) is 60.4 Å². The Bertz CT molecular complexity index is 882. The molecule has 0 bridgehead atoms. The van der Waals surface area contributed by atoms with Gasteiger partial charge in [0.15, 0.2) is 0 Å².